The number of benzene rings is 1. The molecular formula is C14H21N3O2. The van der Waals surface area contributed by atoms with Crippen LogP contribution < -0.4 is 10.6 Å². The molecule has 2 rings (SSSR count). The van der Waals surface area contributed by atoms with Crippen molar-refractivity contribution in [1.29, 1.82) is 0 Å². The van der Waals surface area contributed by atoms with Crippen LogP contribution in [0.3, 0.4) is 0 Å². The molecule has 0 aromatic heterocycles. The Hall–Kier alpha value is -1.75. The van der Waals surface area contributed by atoms with Crippen LogP contribution in [0, 0.1) is 0 Å². The molecule has 0 atom stereocenters. The fourth-order valence-electron chi connectivity index (χ4n) is 2.32. The second kappa shape index (κ2) is 4.74. The first kappa shape index (κ1) is 13.7. The first-order valence-corrected chi connectivity index (χ1v) is 6.45. The Labute approximate surface area is 113 Å². The van der Waals surface area contributed by atoms with Crippen LogP contribution in [0.2, 0.25) is 0 Å². The van der Waals surface area contributed by atoms with Gasteiger partial charge in [-0.2, -0.15) is 0 Å². The normalized spacial score (nSPS) is 16.9. The van der Waals surface area contributed by atoms with Gasteiger partial charge < -0.3 is 20.6 Å². The third-order valence-corrected chi connectivity index (χ3v) is 3.65. The number of likely N-dealkylation sites (tertiary alicyclic amines) is 1. The Morgan fingerprint density at radius 3 is 2.63 bits per heavy atom. The third-order valence-electron chi connectivity index (χ3n) is 3.65. The van der Waals surface area contributed by atoms with Gasteiger partial charge in [0.1, 0.15) is 0 Å². The first-order valence-electron chi connectivity index (χ1n) is 6.45. The van der Waals surface area contributed by atoms with E-state index in [-0.39, 0.29) is 5.91 Å². The number of rotatable bonds is 3. The van der Waals surface area contributed by atoms with Crippen LogP contribution in [0.1, 0.15) is 23.7 Å². The minimum absolute atomic E-state index is 0.0749. The minimum Gasteiger partial charge on any atom is -0.399 e. The van der Waals surface area contributed by atoms with Crippen LogP contribution in [0.5, 0.6) is 0 Å². The number of hydrogen-bond acceptors (Lipinski definition) is 4. The molecule has 0 saturated carbocycles. The number of β-amino-alcohol motifs (C(OH)–C–C–N with tert-alkyl or cyclic N) is 1. The topological polar surface area (TPSA) is 69.8 Å². The summed E-state index contributed by atoms with van der Waals surface area (Å²) >= 11 is 0. The highest BCUT2D eigenvalue weighted by Crippen LogP contribution is 2.29. The van der Waals surface area contributed by atoms with Crippen LogP contribution in [-0.4, -0.2) is 48.7 Å². The predicted molar refractivity (Wildman–Crippen MR) is 76.3 cm³/mol. The molecule has 19 heavy (non-hydrogen) atoms. The van der Waals surface area contributed by atoms with E-state index in [2.05, 4.69) is 0 Å². The third kappa shape index (κ3) is 2.51. The fourth-order valence-corrected chi connectivity index (χ4v) is 2.32. The summed E-state index contributed by atoms with van der Waals surface area (Å²) in [6, 6.07) is 5.32. The van der Waals surface area contributed by atoms with Crippen molar-refractivity contribution in [3.63, 3.8) is 0 Å². The van der Waals surface area contributed by atoms with Gasteiger partial charge in [0.05, 0.1) is 24.3 Å². The van der Waals surface area contributed by atoms with Crippen molar-refractivity contribution < 1.29 is 9.90 Å². The first-order chi connectivity index (χ1) is 8.86. The van der Waals surface area contributed by atoms with Crippen molar-refractivity contribution in [2.24, 2.45) is 0 Å². The lowest BCUT2D eigenvalue weighted by atomic mass is 9.90. The Balaban J connectivity index is 2.23. The number of nitrogen functional groups attached to an aromatic ring is 1. The summed E-state index contributed by atoms with van der Waals surface area (Å²) in [7, 11) is 3.78. The molecule has 3 N–H and O–H groups in total. The molecule has 1 fully saturated rings. The van der Waals surface area contributed by atoms with Crippen molar-refractivity contribution >= 4 is 17.3 Å². The van der Waals surface area contributed by atoms with E-state index < -0.39 is 5.60 Å². The SMILES string of the molecule is CCC1(O)CN(C(=O)c2cc(N)ccc2N(C)C)C1. The molecule has 5 nitrogen and oxygen atoms in total. The molecule has 1 aromatic rings. The molecule has 104 valence electrons. The van der Waals surface area contributed by atoms with Crippen LogP contribution >= 0.6 is 0 Å². The molecule has 1 aromatic carbocycles. The summed E-state index contributed by atoms with van der Waals surface area (Å²) in [4.78, 5) is 16.0. The Bertz CT molecular complexity index is 493. The summed E-state index contributed by atoms with van der Waals surface area (Å²) in [6.45, 7) is 2.71. The molecule has 5 heteroatoms. The summed E-state index contributed by atoms with van der Waals surface area (Å²) in [6.07, 6.45) is 0.661. The maximum absolute atomic E-state index is 12.4. The second-order valence-electron chi connectivity index (χ2n) is 5.41. The Morgan fingerprint density at radius 1 is 1.47 bits per heavy atom. The Morgan fingerprint density at radius 2 is 2.11 bits per heavy atom. The highest BCUT2D eigenvalue weighted by molar-refractivity contribution is 6.01. The summed E-state index contributed by atoms with van der Waals surface area (Å²) in [5.41, 5.74) is 7.05. The lowest BCUT2D eigenvalue weighted by Crippen LogP contribution is -2.63. The number of carbonyl (C=O) groups excluding carboxylic acids is 1. The predicted octanol–water partition coefficient (Wildman–Crippen LogP) is 0.932. The number of aliphatic hydroxyl groups is 1. The molecule has 1 heterocycles. The lowest BCUT2D eigenvalue weighted by Gasteiger charge is -2.46. The maximum atomic E-state index is 12.4. The van der Waals surface area contributed by atoms with Crippen LogP contribution in [-0.2, 0) is 0 Å². The summed E-state index contributed by atoms with van der Waals surface area (Å²) in [5.74, 6) is -0.0749. The van der Waals surface area contributed by atoms with Crippen LogP contribution in [0.4, 0.5) is 11.4 Å². The number of nitrogens with two attached hydrogens (primary N) is 1. The zero-order valence-electron chi connectivity index (χ0n) is 11.7. The van der Waals surface area contributed by atoms with Crippen molar-refractivity contribution in [3.05, 3.63) is 23.8 Å². The highest BCUT2D eigenvalue weighted by atomic mass is 16.3. The highest BCUT2D eigenvalue weighted by Gasteiger charge is 2.42. The maximum Gasteiger partial charge on any atom is 0.256 e. The number of amides is 1. The number of anilines is 2. The van der Waals surface area contributed by atoms with Gasteiger partial charge in [-0.1, -0.05) is 6.92 Å². The van der Waals surface area contributed by atoms with E-state index in [1.807, 2.05) is 32.0 Å². The summed E-state index contributed by atoms with van der Waals surface area (Å²) in [5, 5.41) is 9.99. The molecule has 0 spiro atoms. The van der Waals surface area contributed by atoms with Crippen LogP contribution in [0.25, 0.3) is 0 Å². The molecular weight excluding hydrogens is 242 g/mol. The quantitative estimate of drug-likeness (QED) is 0.796. The van der Waals surface area contributed by atoms with E-state index in [1.54, 1.807) is 17.0 Å². The van der Waals surface area contributed by atoms with E-state index in [0.29, 0.717) is 30.8 Å². The van der Waals surface area contributed by atoms with E-state index in [4.69, 9.17) is 5.73 Å². The molecule has 1 aliphatic rings. The average Bonchev–Trinajstić information content (AvgIpc) is 2.33. The smallest absolute Gasteiger partial charge is 0.256 e. The van der Waals surface area contributed by atoms with Crippen LogP contribution in [0.15, 0.2) is 18.2 Å². The Kier molecular flexibility index (Phi) is 3.41. The lowest BCUT2D eigenvalue weighted by molar-refractivity contribution is -0.0826. The van der Waals surface area contributed by atoms with Crippen molar-refractivity contribution in [2.75, 3.05) is 37.8 Å². The van der Waals surface area contributed by atoms with Gasteiger partial charge in [0, 0.05) is 25.5 Å². The van der Waals surface area contributed by atoms with Gasteiger partial charge in [-0.15, -0.1) is 0 Å². The molecule has 1 aliphatic heterocycles. The molecule has 0 bridgehead atoms. The van der Waals surface area contributed by atoms with Crippen molar-refractivity contribution in [2.45, 2.75) is 18.9 Å². The molecule has 0 unspecified atom stereocenters. The second-order valence-corrected chi connectivity index (χ2v) is 5.41. The van der Waals surface area contributed by atoms with Gasteiger partial charge in [-0.3, -0.25) is 4.79 Å². The molecule has 0 radical (unpaired) electrons. The minimum atomic E-state index is -0.714. The number of nitrogens with zero attached hydrogens (tertiary/aromatic N) is 2. The van der Waals surface area contributed by atoms with Gasteiger partial charge in [0.25, 0.3) is 5.91 Å². The monoisotopic (exact) mass is 263 g/mol. The standard InChI is InChI=1S/C14H21N3O2/c1-4-14(19)8-17(9-14)13(18)11-7-10(15)5-6-12(11)16(2)3/h5-7,19H,4,8-9,15H2,1-3H3. The van der Waals surface area contributed by atoms with E-state index >= 15 is 0 Å². The van der Waals surface area contributed by atoms with Crippen molar-refractivity contribution in [1.82, 2.24) is 4.90 Å². The van der Waals surface area contributed by atoms with E-state index in [0.717, 1.165) is 5.69 Å². The van der Waals surface area contributed by atoms with Gasteiger partial charge in [0.2, 0.25) is 0 Å². The summed E-state index contributed by atoms with van der Waals surface area (Å²) < 4.78 is 0. The van der Waals surface area contributed by atoms with E-state index in [9.17, 15) is 9.90 Å². The zero-order valence-corrected chi connectivity index (χ0v) is 11.7. The molecule has 1 amide bonds. The fraction of sp³-hybridized carbons (Fsp3) is 0.500. The van der Waals surface area contributed by atoms with Gasteiger partial charge in [0.15, 0.2) is 0 Å². The molecule has 0 aliphatic carbocycles. The van der Waals surface area contributed by atoms with Gasteiger partial charge in [-0.25, -0.2) is 0 Å². The largest absolute Gasteiger partial charge is 0.399 e. The van der Waals surface area contributed by atoms with E-state index in [1.165, 1.54) is 0 Å². The van der Waals surface area contributed by atoms with Crippen molar-refractivity contribution in [3.8, 4) is 0 Å². The van der Waals surface area contributed by atoms with Gasteiger partial charge in [-0.05, 0) is 24.6 Å². The number of hydrogen-bond donors (Lipinski definition) is 2. The van der Waals surface area contributed by atoms with Gasteiger partial charge >= 0.3 is 0 Å². The zero-order chi connectivity index (χ0) is 14.2. The number of carbonyl (C=O) groups is 1. The molecule has 1 saturated heterocycles. The average molecular weight is 263 g/mol.